The van der Waals surface area contributed by atoms with Gasteiger partial charge in [-0.05, 0) is 44.0 Å². The molecule has 96 valence electrons. The lowest BCUT2D eigenvalue weighted by atomic mass is 10.00. The van der Waals surface area contributed by atoms with E-state index in [1.807, 2.05) is 19.9 Å². The summed E-state index contributed by atoms with van der Waals surface area (Å²) in [6, 6.07) is 5.23. The van der Waals surface area contributed by atoms with E-state index >= 15 is 0 Å². The molecule has 0 spiro atoms. The van der Waals surface area contributed by atoms with Crippen LogP contribution in [0.1, 0.15) is 24.5 Å². The number of hydrogen-bond donors (Lipinski definition) is 1. The van der Waals surface area contributed by atoms with Crippen LogP contribution in [0, 0.1) is 6.92 Å². The second kappa shape index (κ2) is 5.14. The van der Waals surface area contributed by atoms with Crippen LogP contribution in [-0.2, 0) is 4.79 Å². The van der Waals surface area contributed by atoms with Gasteiger partial charge in [0, 0.05) is 17.8 Å². The quantitative estimate of drug-likeness (QED) is 0.853. The predicted molar refractivity (Wildman–Crippen MR) is 75.5 cm³/mol. The molecular formula is C14H16BrNO2. The first-order chi connectivity index (χ1) is 8.54. The van der Waals surface area contributed by atoms with Gasteiger partial charge in [0.15, 0.2) is 0 Å². The highest BCUT2D eigenvalue weighted by atomic mass is 79.9. The molecule has 0 fully saturated rings. The largest absolute Gasteiger partial charge is 0.508 e. The third kappa shape index (κ3) is 2.29. The molecule has 1 heterocycles. The number of phenols is 1. The summed E-state index contributed by atoms with van der Waals surface area (Å²) >= 11 is 3.39. The molecule has 18 heavy (non-hydrogen) atoms. The number of allylic oxidation sites excluding steroid dienone is 1. The highest BCUT2D eigenvalue weighted by Gasteiger charge is 2.28. The highest BCUT2D eigenvalue weighted by Crippen LogP contribution is 2.31. The molecule has 1 aliphatic rings. The average Bonchev–Trinajstić information content (AvgIpc) is 2.33. The molecule has 1 N–H and O–H groups in total. The van der Waals surface area contributed by atoms with Crippen LogP contribution in [0.15, 0.2) is 24.3 Å². The molecule has 0 saturated heterocycles. The number of aromatic hydroxyl groups is 1. The second-order valence-electron chi connectivity index (χ2n) is 4.37. The fraction of sp³-hybridized carbons (Fsp3) is 0.357. The summed E-state index contributed by atoms with van der Waals surface area (Å²) < 4.78 is 0. The van der Waals surface area contributed by atoms with Crippen LogP contribution in [-0.4, -0.2) is 27.3 Å². The van der Waals surface area contributed by atoms with Gasteiger partial charge in [-0.2, -0.15) is 0 Å². The number of rotatable bonds is 2. The molecule has 0 radical (unpaired) electrons. The first kappa shape index (κ1) is 13.1. The van der Waals surface area contributed by atoms with E-state index in [0.29, 0.717) is 13.0 Å². The number of alkyl halides is 1. The van der Waals surface area contributed by atoms with Crippen LogP contribution in [0.25, 0.3) is 5.70 Å². The Morgan fingerprint density at radius 3 is 2.83 bits per heavy atom. The van der Waals surface area contributed by atoms with Crippen LogP contribution in [0.2, 0.25) is 0 Å². The Bertz CT molecular complexity index is 511. The van der Waals surface area contributed by atoms with E-state index in [-0.39, 0.29) is 16.5 Å². The van der Waals surface area contributed by atoms with Gasteiger partial charge < -0.3 is 10.0 Å². The fourth-order valence-corrected chi connectivity index (χ4v) is 2.66. The van der Waals surface area contributed by atoms with Gasteiger partial charge in [0.05, 0.1) is 4.83 Å². The molecule has 3 nitrogen and oxygen atoms in total. The van der Waals surface area contributed by atoms with Gasteiger partial charge in [0.25, 0.3) is 0 Å². The average molecular weight is 310 g/mol. The molecule has 0 aromatic heterocycles. The van der Waals surface area contributed by atoms with Crippen molar-refractivity contribution in [3.8, 4) is 5.75 Å². The maximum Gasteiger partial charge on any atom is 0.241 e. The Morgan fingerprint density at radius 2 is 2.22 bits per heavy atom. The van der Waals surface area contributed by atoms with Gasteiger partial charge in [0.2, 0.25) is 5.91 Å². The van der Waals surface area contributed by atoms with Crippen LogP contribution < -0.4 is 0 Å². The molecule has 1 aromatic carbocycles. The van der Waals surface area contributed by atoms with Crippen molar-refractivity contribution in [3.05, 3.63) is 35.4 Å². The number of carbonyl (C=O) groups excluding carboxylic acids is 1. The van der Waals surface area contributed by atoms with Crippen molar-refractivity contribution in [3.63, 3.8) is 0 Å². The lowest BCUT2D eigenvalue weighted by Crippen LogP contribution is -2.38. The number of halogens is 1. The second-order valence-corrected chi connectivity index (χ2v) is 5.48. The van der Waals surface area contributed by atoms with Gasteiger partial charge in [-0.1, -0.05) is 22.0 Å². The van der Waals surface area contributed by atoms with E-state index in [1.54, 1.807) is 17.0 Å². The Morgan fingerprint density at radius 1 is 1.50 bits per heavy atom. The predicted octanol–water partition coefficient (Wildman–Crippen LogP) is 3.06. The van der Waals surface area contributed by atoms with E-state index < -0.39 is 0 Å². The minimum atomic E-state index is -0.126. The molecule has 0 bridgehead atoms. The number of aryl methyl sites for hydroxylation is 1. The Kier molecular flexibility index (Phi) is 3.76. The molecule has 1 unspecified atom stereocenters. The van der Waals surface area contributed by atoms with Crippen LogP contribution in [0.4, 0.5) is 0 Å². The molecule has 1 amide bonds. The maximum absolute atomic E-state index is 12.1. The van der Waals surface area contributed by atoms with Crippen molar-refractivity contribution in [1.29, 1.82) is 0 Å². The number of benzene rings is 1. The fourth-order valence-electron chi connectivity index (χ4n) is 2.23. The molecule has 4 heteroatoms. The number of nitrogens with zero attached hydrogens (tertiary/aromatic N) is 1. The van der Waals surface area contributed by atoms with Crippen molar-refractivity contribution >= 4 is 27.5 Å². The topological polar surface area (TPSA) is 40.5 Å². The van der Waals surface area contributed by atoms with Crippen molar-refractivity contribution in [2.75, 3.05) is 6.54 Å². The summed E-state index contributed by atoms with van der Waals surface area (Å²) in [5.74, 6) is 0.350. The first-order valence-corrected chi connectivity index (χ1v) is 6.91. The van der Waals surface area contributed by atoms with Crippen LogP contribution in [0.3, 0.4) is 0 Å². The van der Waals surface area contributed by atoms with Gasteiger partial charge in [0.1, 0.15) is 5.75 Å². The molecular weight excluding hydrogens is 294 g/mol. The Balaban J connectivity index is 2.45. The number of amides is 1. The maximum atomic E-state index is 12.1. The zero-order valence-electron chi connectivity index (χ0n) is 10.5. The number of hydrogen-bond acceptors (Lipinski definition) is 2. The van der Waals surface area contributed by atoms with Crippen molar-refractivity contribution in [2.24, 2.45) is 0 Å². The summed E-state index contributed by atoms with van der Waals surface area (Å²) in [7, 11) is 0. The number of phenolic OH excluding ortho intramolecular Hbond substituents is 1. The van der Waals surface area contributed by atoms with Gasteiger partial charge in [-0.3, -0.25) is 4.79 Å². The first-order valence-electron chi connectivity index (χ1n) is 6.00. The lowest BCUT2D eigenvalue weighted by molar-refractivity contribution is -0.127. The van der Waals surface area contributed by atoms with E-state index in [4.69, 9.17) is 0 Å². The Labute approximate surface area is 115 Å². The molecule has 2 rings (SSSR count). The zero-order valence-corrected chi connectivity index (χ0v) is 12.1. The van der Waals surface area contributed by atoms with Crippen LogP contribution >= 0.6 is 15.9 Å². The number of carbonyl (C=O) groups is 1. The summed E-state index contributed by atoms with van der Waals surface area (Å²) in [6.45, 7) is 4.55. The van der Waals surface area contributed by atoms with Gasteiger partial charge >= 0.3 is 0 Å². The van der Waals surface area contributed by atoms with E-state index in [2.05, 4.69) is 22.0 Å². The molecule has 1 aromatic rings. The standard InChI is InChI=1S/C14H16BrNO2/c1-3-16-13(7-6-12(15)14(16)18)11-5-4-10(17)8-9(11)2/h4-5,7-8,12,17H,3,6H2,1-2H3. The molecule has 1 atom stereocenters. The molecule has 0 saturated carbocycles. The van der Waals surface area contributed by atoms with Crippen molar-refractivity contribution < 1.29 is 9.90 Å². The molecule has 1 aliphatic heterocycles. The van der Waals surface area contributed by atoms with Gasteiger partial charge in [-0.25, -0.2) is 0 Å². The Hall–Kier alpha value is -1.29. The van der Waals surface area contributed by atoms with Gasteiger partial charge in [-0.15, -0.1) is 0 Å². The lowest BCUT2D eigenvalue weighted by Gasteiger charge is -2.31. The third-order valence-corrected chi connectivity index (χ3v) is 3.91. The third-order valence-electron chi connectivity index (χ3n) is 3.15. The SMILES string of the molecule is CCN1C(=O)C(Br)CC=C1c1ccc(O)cc1C. The van der Waals surface area contributed by atoms with Crippen LogP contribution in [0.5, 0.6) is 5.75 Å². The minimum absolute atomic E-state index is 0.0995. The zero-order chi connectivity index (χ0) is 13.3. The van der Waals surface area contributed by atoms with E-state index in [1.165, 1.54) is 0 Å². The monoisotopic (exact) mass is 309 g/mol. The van der Waals surface area contributed by atoms with Crippen molar-refractivity contribution in [1.82, 2.24) is 4.90 Å². The normalized spacial score (nSPS) is 19.9. The summed E-state index contributed by atoms with van der Waals surface area (Å²) in [5.41, 5.74) is 2.92. The summed E-state index contributed by atoms with van der Waals surface area (Å²) in [4.78, 5) is 13.8. The van der Waals surface area contributed by atoms with E-state index in [0.717, 1.165) is 16.8 Å². The molecule has 0 aliphatic carbocycles. The smallest absolute Gasteiger partial charge is 0.241 e. The minimum Gasteiger partial charge on any atom is -0.508 e. The van der Waals surface area contributed by atoms with E-state index in [9.17, 15) is 9.90 Å². The highest BCUT2D eigenvalue weighted by molar-refractivity contribution is 9.10. The van der Waals surface area contributed by atoms with Crippen molar-refractivity contribution in [2.45, 2.75) is 25.1 Å². The summed E-state index contributed by atoms with van der Waals surface area (Å²) in [6.07, 6.45) is 2.77. The summed E-state index contributed by atoms with van der Waals surface area (Å²) in [5, 5.41) is 9.45.